The molecular weight excluding hydrogens is 352 g/mol. The van der Waals surface area contributed by atoms with Gasteiger partial charge in [-0.25, -0.2) is 4.98 Å². The van der Waals surface area contributed by atoms with E-state index in [0.29, 0.717) is 6.54 Å². The molecule has 2 aromatic rings. The number of guanidine groups is 1. The summed E-state index contributed by atoms with van der Waals surface area (Å²) in [6.07, 6.45) is 8.12. The van der Waals surface area contributed by atoms with Gasteiger partial charge in [-0.05, 0) is 50.6 Å². The van der Waals surface area contributed by atoms with Crippen LogP contribution in [0.3, 0.4) is 0 Å². The van der Waals surface area contributed by atoms with Gasteiger partial charge < -0.3 is 19.9 Å². The van der Waals surface area contributed by atoms with E-state index in [0.717, 1.165) is 44.4 Å². The molecule has 1 fully saturated rings. The Morgan fingerprint density at radius 1 is 1.29 bits per heavy atom. The number of nitrogens with zero attached hydrogens (tertiary/aromatic N) is 4. The van der Waals surface area contributed by atoms with Crippen molar-refractivity contribution in [1.82, 2.24) is 25.1 Å². The highest BCUT2D eigenvalue weighted by atomic mass is 16.5. The maximum absolute atomic E-state index is 5.43. The van der Waals surface area contributed by atoms with E-state index in [1.165, 1.54) is 18.4 Å². The molecule has 0 radical (unpaired) electrons. The van der Waals surface area contributed by atoms with Crippen LogP contribution in [0.25, 0.3) is 0 Å². The van der Waals surface area contributed by atoms with E-state index >= 15 is 0 Å². The third kappa shape index (κ3) is 5.73. The first-order chi connectivity index (χ1) is 13.8. The van der Waals surface area contributed by atoms with E-state index < -0.39 is 0 Å². The number of likely N-dealkylation sites (tertiary alicyclic amines) is 1. The summed E-state index contributed by atoms with van der Waals surface area (Å²) in [5.74, 6) is 1.76. The number of hydrogen-bond donors (Lipinski definition) is 2. The molecule has 0 spiro atoms. The van der Waals surface area contributed by atoms with Crippen molar-refractivity contribution in [1.29, 1.82) is 0 Å². The summed E-state index contributed by atoms with van der Waals surface area (Å²) in [7, 11) is 1.72. The van der Waals surface area contributed by atoms with Crippen molar-refractivity contribution < 1.29 is 4.74 Å². The van der Waals surface area contributed by atoms with Crippen LogP contribution in [0.1, 0.15) is 31.4 Å². The summed E-state index contributed by atoms with van der Waals surface area (Å²) >= 11 is 0. The second-order valence-electron chi connectivity index (χ2n) is 6.98. The summed E-state index contributed by atoms with van der Waals surface area (Å²) in [6, 6.07) is 8.64. The second-order valence-corrected chi connectivity index (χ2v) is 6.98. The van der Waals surface area contributed by atoms with Crippen molar-refractivity contribution in [3.8, 4) is 5.75 Å². The summed E-state index contributed by atoms with van der Waals surface area (Å²) in [5.41, 5.74) is 1.26. The summed E-state index contributed by atoms with van der Waals surface area (Å²) in [6.45, 7) is 7.56. The third-order valence-corrected chi connectivity index (χ3v) is 5.05. The van der Waals surface area contributed by atoms with Gasteiger partial charge in [0, 0.05) is 32.0 Å². The molecule has 28 heavy (non-hydrogen) atoms. The Kier molecular flexibility index (Phi) is 7.72. The third-order valence-electron chi connectivity index (χ3n) is 5.05. The van der Waals surface area contributed by atoms with Gasteiger partial charge in [-0.2, -0.15) is 0 Å². The first-order valence-electron chi connectivity index (χ1n) is 10.2. The Labute approximate surface area is 167 Å². The van der Waals surface area contributed by atoms with Gasteiger partial charge in [0.15, 0.2) is 5.96 Å². The molecular formula is C21H32N6O. The molecule has 1 atom stereocenters. The number of imidazole rings is 1. The van der Waals surface area contributed by atoms with Crippen LogP contribution in [0.5, 0.6) is 5.75 Å². The molecule has 1 saturated heterocycles. The number of nitrogens with one attached hydrogen (secondary N) is 2. The predicted molar refractivity (Wildman–Crippen MR) is 113 cm³/mol. The van der Waals surface area contributed by atoms with Crippen LogP contribution in [0.15, 0.2) is 48.0 Å². The predicted octanol–water partition coefficient (Wildman–Crippen LogP) is 2.28. The number of hydrogen-bond acceptors (Lipinski definition) is 4. The van der Waals surface area contributed by atoms with Crippen LogP contribution in [0.2, 0.25) is 0 Å². The number of benzene rings is 1. The van der Waals surface area contributed by atoms with Gasteiger partial charge >= 0.3 is 0 Å². The average Bonchev–Trinajstić information content (AvgIpc) is 3.43. The molecule has 2 N–H and O–H groups in total. The van der Waals surface area contributed by atoms with Crippen molar-refractivity contribution >= 4 is 5.96 Å². The van der Waals surface area contributed by atoms with Gasteiger partial charge in [-0.3, -0.25) is 9.89 Å². The quantitative estimate of drug-likeness (QED) is 0.513. The van der Waals surface area contributed by atoms with Crippen molar-refractivity contribution in [2.75, 3.05) is 39.8 Å². The van der Waals surface area contributed by atoms with Crippen molar-refractivity contribution in [3.63, 3.8) is 0 Å². The minimum atomic E-state index is 0.265. The Balaban J connectivity index is 1.67. The van der Waals surface area contributed by atoms with Crippen LogP contribution in [0.4, 0.5) is 0 Å². The van der Waals surface area contributed by atoms with E-state index in [9.17, 15) is 0 Å². The number of aromatic nitrogens is 2. The van der Waals surface area contributed by atoms with Gasteiger partial charge in [0.1, 0.15) is 5.75 Å². The molecule has 1 aliphatic heterocycles. The molecule has 0 amide bonds. The van der Waals surface area contributed by atoms with Crippen LogP contribution >= 0.6 is 0 Å². The molecule has 0 aliphatic carbocycles. The number of rotatable bonds is 9. The molecule has 1 aliphatic rings. The number of methoxy groups -OCH3 is 1. The first kappa shape index (κ1) is 20.2. The molecule has 0 bridgehead atoms. The molecule has 2 heterocycles. The first-order valence-corrected chi connectivity index (χ1v) is 10.2. The van der Waals surface area contributed by atoms with Crippen molar-refractivity contribution in [2.24, 2.45) is 4.99 Å². The highest BCUT2D eigenvalue weighted by molar-refractivity contribution is 5.79. The molecule has 152 valence electrons. The minimum absolute atomic E-state index is 0.265. The highest BCUT2D eigenvalue weighted by Crippen LogP contribution is 2.27. The number of ether oxygens (including phenoxy) is 1. The minimum Gasteiger partial charge on any atom is -0.497 e. The monoisotopic (exact) mass is 384 g/mol. The zero-order chi connectivity index (χ0) is 19.6. The number of aliphatic imine (C=N–C) groups is 1. The largest absolute Gasteiger partial charge is 0.497 e. The normalized spacial score (nSPS) is 16.1. The van der Waals surface area contributed by atoms with Gasteiger partial charge in [-0.1, -0.05) is 12.1 Å². The van der Waals surface area contributed by atoms with E-state index in [1.54, 1.807) is 13.3 Å². The van der Waals surface area contributed by atoms with Gasteiger partial charge in [0.05, 0.1) is 26.0 Å². The topological polar surface area (TPSA) is 66.7 Å². The molecule has 1 aromatic carbocycles. The van der Waals surface area contributed by atoms with Gasteiger partial charge in [0.2, 0.25) is 0 Å². The lowest BCUT2D eigenvalue weighted by Crippen LogP contribution is -2.39. The Hall–Kier alpha value is -2.54. The summed E-state index contributed by atoms with van der Waals surface area (Å²) in [4.78, 5) is 11.5. The Morgan fingerprint density at radius 2 is 2.14 bits per heavy atom. The van der Waals surface area contributed by atoms with Crippen molar-refractivity contribution in [3.05, 3.63) is 48.5 Å². The van der Waals surface area contributed by atoms with Gasteiger partial charge in [0.25, 0.3) is 0 Å². The van der Waals surface area contributed by atoms with Gasteiger partial charge in [-0.15, -0.1) is 0 Å². The van der Waals surface area contributed by atoms with Crippen LogP contribution in [-0.2, 0) is 6.54 Å². The van der Waals surface area contributed by atoms with Crippen LogP contribution in [-0.4, -0.2) is 60.2 Å². The highest BCUT2D eigenvalue weighted by Gasteiger charge is 2.23. The summed E-state index contributed by atoms with van der Waals surface area (Å²) < 4.78 is 7.49. The molecule has 1 unspecified atom stereocenters. The Morgan fingerprint density at radius 3 is 2.86 bits per heavy atom. The van der Waals surface area contributed by atoms with E-state index in [4.69, 9.17) is 9.73 Å². The lowest BCUT2D eigenvalue weighted by Gasteiger charge is -2.27. The van der Waals surface area contributed by atoms with E-state index in [1.807, 2.05) is 18.6 Å². The smallest absolute Gasteiger partial charge is 0.191 e. The molecule has 1 aromatic heterocycles. The average molecular weight is 385 g/mol. The Bertz CT molecular complexity index is 724. The fourth-order valence-corrected chi connectivity index (χ4v) is 3.58. The van der Waals surface area contributed by atoms with Crippen molar-refractivity contribution in [2.45, 2.75) is 32.4 Å². The zero-order valence-electron chi connectivity index (χ0n) is 17.0. The lowest BCUT2D eigenvalue weighted by atomic mass is 10.1. The van der Waals surface area contributed by atoms with E-state index in [2.05, 4.69) is 50.2 Å². The summed E-state index contributed by atoms with van der Waals surface area (Å²) in [5, 5.41) is 6.78. The maximum atomic E-state index is 5.43. The standard InChI is InChI=1S/C21H32N6O/c1-3-23-21(24-10-14-26-13-9-22-17-26)25-16-20(27-11-4-5-12-27)18-7-6-8-19(15-18)28-2/h6-9,13,15,17,20H,3-5,10-12,14,16H2,1-2H3,(H2,23,24,25). The zero-order valence-corrected chi connectivity index (χ0v) is 17.0. The molecule has 0 saturated carbocycles. The fourth-order valence-electron chi connectivity index (χ4n) is 3.58. The van der Waals surface area contributed by atoms with Crippen LogP contribution in [0, 0.1) is 0 Å². The molecule has 7 nitrogen and oxygen atoms in total. The molecule has 7 heteroatoms. The van der Waals surface area contributed by atoms with E-state index in [-0.39, 0.29) is 6.04 Å². The molecule has 3 rings (SSSR count). The fraction of sp³-hybridized carbons (Fsp3) is 0.524. The van der Waals surface area contributed by atoms with Crippen LogP contribution < -0.4 is 15.4 Å². The second kappa shape index (κ2) is 10.7. The lowest BCUT2D eigenvalue weighted by molar-refractivity contribution is 0.251. The SMILES string of the molecule is CCNC(=NCC(c1cccc(OC)c1)N1CCCC1)NCCn1ccnc1. The maximum Gasteiger partial charge on any atom is 0.191 e.